The van der Waals surface area contributed by atoms with Crippen LogP contribution in [-0.2, 0) is 9.53 Å². The van der Waals surface area contributed by atoms with E-state index in [0.717, 1.165) is 19.5 Å². The summed E-state index contributed by atoms with van der Waals surface area (Å²) in [5.41, 5.74) is 0. The molecule has 4 heteroatoms. The van der Waals surface area contributed by atoms with Gasteiger partial charge in [0.2, 0.25) is 5.91 Å². The molecule has 0 aromatic rings. The number of amides is 1. The zero-order valence-corrected chi connectivity index (χ0v) is 11.7. The van der Waals surface area contributed by atoms with Gasteiger partial charge >= 0.3 is 0 Å². The van der Waals surface area contributed by atoms with Gasteiger partial charge in [0.05, 0.1) is 6.61 Å². The first-order valence-corrected chi connectivity index (χ1v) is 7.25. The Balaban J connectivity index is 1.79. The van der Waals surface area contributed by atoms with Crippen LogP contribution in [0.1, 0.15) is 39.0 Å². The molecule has 2 saturated heterocycles. The molecule has 2 atom stereocenters. The molecule has 0 saturated carbocycles. The minimum absolute atomic E-state index is 0.306. The molecule has 2 aliphatic rings. The summed E-state index contributed by atoms with van der Waals surface area (Å²) in [6.45, 7) is 4.19. The Morgan fingerprint density at radius 2 is 2.00 bits per heavy atom. The van der Waals surface area contributed by atoms with Gasteiger partial charge in [-0.2, -0.15) is 0 Å². The molecule has 104 valence electrons. The molecule has 1 amide bonds. The highest BCUT2D eigenvalue weighted by Gasteiger charge is 2.34. The first kappa shape index (κ1) is 13.8. The van der Waals surface area contributed by atoms with Gasteiger partial charge in [-0.1, -0.05) is 0 Å². The maximum Gasteiger partial charge on any atom is 0.222 e. The largest absolute Gasteiger partial charge is 0.383 e. The van der Waals surface area contributed by atoms with Crippen molar-refractivity contribution in [3.8, 4) is 0 Å². The zero-order valence-electron chi connectivity index (χ0n) is 11.7. The third-order valence-corrected chi connectivity index (χ3v) is 4.33. The van der Waals surface area contributed by atoms with Crippen LogP contribution in [0, 0.1) is 5.92 Å². The van der Waals surface area contributed by atoms with Gasteiger partial charge in [0.25, 0.3) is 0 Å². The zero-order chi connectivity index (χ0) is 13.0. The number of likely N-dealkylation sites (N-methyl/N-ethyl adjacent to an activating group) is 1. The summed E-state index contributed by atoms with van der Waals surface area (Å²) < 4.78 is 5.05. The minimum atomic E-state index is 0.306. The summed E-state index contributed by atoms with van der Waals surface area (Å²) in [5.74, 6) is 0.897. The molecule has 2 aliphatic heterocycles. The molecule has 18 heavy (non-hydrogen) atoms. The van der Waals surface area contributed by atoms with Gasteiger partial charge in [0.1, 0.15) is 0 Å². The van der Waals surface area contributed by atoms with Gasteiger partial charge in [-0.25, -0.2) is 0 Å². The number of methoxy groups -OCH3 is 1. The average molecular weight is 254 g/mol. The molecule has 2 fully saturated rings. The first-order valence-electron chi connectivity index (χ1n) is 7.25. The number of rotatable bonds is 6. The van der Waals surface area contributed by atoms with Crippen molar-refractivity contribution in [2.45, 2.75) is 51.1 Å². The van der Waals surface area contributed by atoms with Crippen molar-refractivity contribution in [2.24, 2.45) is 5.92 Å². The number of fused-ring (bicyclic) bond motifs is 2. The number of carbonyl (C=O) groups excluding carboxylic acids is 1. The van der Waals surface area contributed by atoms with E-state index in [9.17, 15) is 4.79 Å². The lowest BCUT2D eigenvalue weighted by molar-refractivity contribution is -0.132. The standard InChI is InChI=1S/C14H26N2O2/c1-3-16(6-7-18-2)14(17)10-11-8-12-4-5-13(9-11)15-12/h11-13,15H,3-10H2,1-2H3. The molecular weight excluding hydrogens is 228 g/mol. The van der Waals surface area contributed by atoms with Gasteiger partial charge in [-0.05, 0) is 38.5 Å². The number of hydrogen-bond donors (Lipinski definition) is 1. The number of nitrogens with zero attached hydrogens (tertiary/aromatic N) is 1. The van der Waals surface area contributed by atoms with Crippen molar-refractivity contribution in [3.63, 3.8) is 0 Å². The van der Waals surface area contributed by atoms with E-state index in [1.165, 1.54) is 25.7 Å². The minimum Gasteiger partial charge on any atom is -0.383 e. The van der Waals surface area contributed by atoms with Crippen LogP contribution in [-0.4, -0.2) is 49.7 Å². The lowest BCUT2D eigenvalue weighted by Crippen LogP contribution is -2.41. The highest BCUT2D eigenvalue weighted by molar-refractivity contribution is 5.76. The van der Waals surface area contributed by atoms with E-state index in [1.807, 2.05) is 11.8 Å². The summed E-state index contributed by atoms with van der Waals surface area (Å²) in [5, 5.41) is 3.63. The van der Waals surface area contributed by atoms with E-state index in [-0.39, 0.29) is 0 Å². The van der Waals surface area contributed by atoms with Crippen molar-refractivity contribution in [1.29, 1.82) is 0 Å². The predicted molar refractivity (Wildman–Crippen MR) is 71.4 cm³/mol. The highest BCUT2D eigenvalue weighted by atomic mass is 16.5. The molecule has 2 unspecified atom stereocenters. The maximum absolute atomic E-state index is 12.2. The van der Waals surface area contributed by atoms with Gasteiger partial charge in [0, 0.05) is 38.7 Å². The molecule has 0 aromatic carbocycles. The van der Waals surface area contributed by atoms with Gasteiger partial charge in [-0.3, -0.25) is 4.79 Å². The topological polar surface area (TPSA) is 41.6 Å². The van der Waals surface area contributed by atoms with E-state index >= 15 is 0 Å². The quantitative estimate of drug-likeness (QED) is 0.779. The smallest absolute Gasteiger partial charge is 0.222 e. The number of carbonyl (C=O) groups is 1. The van der Waals surface area contributed by atoms with Crippen LogP contribution in [0.2, 0.25) is 0 Å². The van der Waals surface area contributed by atoms with Crippen molar-refractivity contribution in [1.82, 2.24) is 10.2 Å². The Morgan fingerprint density at radius 3 is 2.56 bits per heavy atom. The van der Waals surface area contributed by atoms with E-state index in [4.69, 9.17) is 4.74 Å². The van der Waals surface area contributed by atoms with Crippen LogP contribution < -0.4 is 5.32 Å². The number of nitrogens with one attached hydrogen (secondary N) is 1. The summed E-state index contributed by atoms with van der Waals surface area (Å²) >= 11 is 0. The Morgan fingerprint density at radius 1 is 1.33 bits per heavy atom. The normalized spacial score (nSPS) is 30.4. The second-order valence-corrected chi connectivity index (χ2v) is 5.65. The fourth-order valence-corrected chi connectivity index (χ4v) is 3.38. The van der Waals surface area contributed by atoms with Crippen molar-refractivity contribution in [3.05, 3.63) is 0 Å². The molecule has 0 aliphatic carbocycles. The van der Waals surface area contributed by atoms with E-state index in [1.54, 1.807) is 7.11 Å². The fraction of sp³-hybridized carbons (Fsp3) is 0.929. The van der Waals surface area contributed by atoms with Crippen LogP contribution in [0.5, 0.6) is 0 Å². The predicted octanol–water partition coefficient (Wildman–Crippen LogP) is 1.40. The number of ether oxygens (including phenoxy) is 1. The lowest BCUT2D eigenvalue weighted by atomic mass is 9.89. The second-order valence-electron chi connectivity index (χ2n) is 5.65. The van der Waals surface area contributed by atoms with Crippen LogP contribution in [0.15, 0.2) is 0 Å². The van der Waals surface area contributed by atoms with Crippen LogP contribution in [0.3, 0.4) is 0 Å². The molecule has 0 aromatic heterocycles. The van der Waals surface area contributed by atoms with Crippen molar-refractivity contribution < 1.29 is 9.53 Å². The van der Waals surface area contributed by atoms with Crippen LogP contribution in [0.4, 0.5) is 0 Å². The molecule has 4 nitrogen and oxygen atoms in total. The Hall–Kier alpha value is -0.610. The molecule has 2 bridgehead atoms. The molecule has 0 radical (unpaired) electrons. The monoisotopic (exact) mass is 254 g/mol. The van der Waals surface area contributed by atoms with Crippen molar-refractivity contribution in [2.75, 3.05) is 26.8 Å². The fourth-order valence-electron chi connectivity index (χ4n) is 3.38. The van der Waals surface area contributed by atoms with Gasteiger partial charge in [-0.15, -0.1) is 0 Å². The molecule has 0 spiro atoms. The molecule has 2 heterocycles. The van der Waals surface area contributed by atoms with E-state index in [0.29, 0.717) is 30.5 Å². The van der Waals surface area contributed by atoms with E-state index in [2.05, 4.69) is 5.32 Å². The maximum atomic E-state index is 12.2. The number of piperidine rings is 1. The first-order chi connectivity index (χ1) is 8.72. The Labute approximate surface area is 110 Å². The number of hydrogen-bond acceptors (Lipinski definition) is 3. The average Bonchev–Trinajstić information content (AvgIpc) is 2.70. The van der Waals surface area contributed by atoms with Gasteiger partial charge in [0.15, 0.2) is 0 Å². The SMILES string of the molecule is CCN(CCOC)C(=O)CC1CC2CCC(C1)N2. The molecular formula is C14H26N2O2. The molecule has 1 N–H and O–H groups in total. The third-order valence-electron chi connectivity index (χ3n) is 4.33. The van der Waals surface area contributed by atoms with Crippen LogP contribution >= 0.6 is 0 Å². The van der Waals surface area contributed by atoms with E-state index < -0.39 is 0 Å². The summed E-state index contributed by atoms with van der Waals surface area (Å²) in [6.07, 6.45) is 5.70. The third kappa shape index (κ3) is 3.45. The highest BCUT2D eigenvalue weighted by Crippen LogP contribution is 2.32. The Kier molecular flexibility index (Phi) is 5.01. The second kappa shape index (κ2) is 6.53. The molecule has 2 rings (SSSR count). The summed E-state index contributed by atoms with van der Waals surface area (Å²) in [4.78, 5) is 14.2. The van der Waals surface area contributed by atoms with Gasteiger partial charge < -0.3 is 15.0 Å². The summed E-state index contributed by atoms with van der Waals surface area (Å²) in [6, 6.07) is 1.35. The summed E-state index contributed by atoms with van der Waals surface area (Å²) in [7, 11) is 1.68. The van der Waals surface area contributed by atoms with Crippen LogP contribution in [0.25, 0.3) is 0 Å². The lowest BCUT2D eigenvalue weighted by Gasteiger charge is -2.30. The van der Waals surface area contributed by atoms with Crippen molar-refractivity contribution >= 4 is 5.91 Å². The Bertz CT molecular complexity index is 271.